The molecule has 0 amide bonds. The van der Waals surface area contributed by atoms with E-state index in [0.29, 0.717) is 0 Å². The van der Waals surface area contributed by atoms with Gasteiger partial charge in [-0.2, -0.15) is 4.98 Å². The first-order valence-corrected chi connectivity index (χ1v) is 9.94. The lowest BCUT2D eigenvalue weighted by atomic mass is 10.2. The first-order chi connectivity index (χ1) is 14.1. The molecule has 0 aliphatic carbocycles. The van der Waals surface area contributed by atoms with Crippen LogP contribution in [0.2, 0.25) is 0 Å². The Morgan fingerprint density at radius 2 is 1.48 bits per heavy atom. The number of hydrogen-bond donors (Lipinski definition) is 1. The summed E-state index contributed by atoms with van der Waals surface area (Å²) in [6, 6.07) is 18.5. The molecule has 6 nitrogen and oxygen atoms in total. The van der Waals surface area contributed by atoms with Gasteiger partial charge in [0.15, 0.2) is 0 Å². The van der Waals surface area contributed by atoms with Crippen LogP contribution in [-0.4, -0.2) is 43.3 Å². The van der Waals surface area contributed by atoms with Gasteiger partial charge in [-0.15, -0.1) is 0 Å². The van der Waals surface area contributed by atoms with Crippen molar-refractivity contribution in [1.82, 2.24) is 9.97 Å². The van der Waals surface area contributed by atoms with E-state index in [1.807, 2.05) is 25.1 Å². The largest absolute Gasteiger partial charge is 0.497 e. The predicted molar refractivity (Wildman–Crippen MR) is 119 cm³/mol. The minimum atomic E-state index is 0.786. The van der Waals surface area contributed by atoms with E-state index < -0.39 is 0 Å². The minimum absolute atomic E-state index is 0.786. The van der Waals surface area contributed by atoms with Gasteiger partial charge in [-0.25, -0.2) is 4.98 Å². The van der Waals surface area contributed by atoms with E-state index in [1.54, 1.807) is 7.11 Å². The average Bonchev–Trinajstić information content (AvgIpc) is 2.75. The van der Waals surface area contributed by atoms with E-state index in [4.69, 9.17) is 9.72 Å². The topological polar surface area (TPSA) is 53.5 Å². The SMILES string of the molecule is COc1ccc(N2CCN(c3nc(C)cc(Nc4ccc(C)cc4)n3)CC2)cc1. The minimum Gasteiger partial charge on any atom is -0.497 e. The van der Waals surface area contributed by atoms with E-state index in [1.165, 1.54) is 11.3 Å². The molecule has 1 aliphatic rings. The first kappa shape index (κ1) is 19.1. The second-order valence-electron chi connectivity index (χ2n) is 7.36. The Balaban J connectivity index is 1.43. The number of nitrogens with one attached hydrogen (secondary N) is 1. The summed E-state index contributed by atoms with van der Waals surface area (Å²) >= 11 is 0. The molecule has 150 valence electrons. The Kier molecular flexibility index (Phi) is 5.51. The molecule has 6 heteroatoms. The van der Waals surface area contributed by atoms with Crippen LogP contribution >= 0.6 is 0 Å². The van der Waals surface area contributed by atoms with Crippen molar-refractivity contribution < 1.29 is 4.74 Å². The van der Waals surface area contributed by atoms with Gasteiger partial charge in [0.05, 0.1) is 7.11 Å². The molecular formula is C23H27N5O. The number of aromatic nitrogens is 2. The maximum absolute atomic E-state index is 5.25. The quantitative estimate of drug-likeness (QED) is 0.707. The molecule has 0 saturated carbocycles. The number of aryl methyl sites for hydroxylation is 2. The number of piperazine rings is 1. The lowest BCUT2D eigenvalue weighted by molar-refractivity contribution is 0.415. The summed E-state index contributed by atoms with van der Waals surface area (Å²) in [5, 5.41) is 3.40. The maximum Gasteiger partial charge on any atom is 0.227 e. The Bertz CT molecular complexity index is 948. The summed E-state index contributed by atoms with van der Waals surface area (Å²) in [5.41, 5.74) is 4.45. The zero-order valence-corrected chi connectivity index (χ0v) is 17.2. The van der Waals surface area contributed by atoms with Crippen molar-refractivity contribution in [2.75, 3.05) is 48.4 Å². The van der Waals surface area contributed by atoms with E-state index in [2.05, 4.69) is 63.4 Å². The lowest BCUT2D eigenvalue weighted by Crippen LogP contribution is -2.47. The van der Waals surface area contributed by atoms with E-state index in [9.17, 15) is 0 Å². The molecule has 0 spiro atoms. The zero-order valence-electron chi connectivity index (χ0n) is 17.2. The van der Waals surface area contributed by atoms with Gasteiger partial charge in [0.25, 0.3) is 0 Å². The van der Waals surface area contributed by atoms with E-state index >= 15 is 0 Å². The van der Waals surface area contributed by atoms with Gasteiger partial charge in [-0.1, -0.05) is 17.7 Å². The van der Waals surface area contributed by atoms with E-state index in [-0.39, 0.29) is 0 Å². The summed E-state index contributed by atoms with van der Waals surface area (Å²) in [6.45, 7) is 7.75. The van der Waals surface area contributed by atoms with Crippen LogP contribution < -0.4 is 19.9 Å². The summed E-state index contributed by atoms with van der Waals surface area (Å²) in [6.07, 6.45) is 0. The zero-order chi connectivity index (χ0) is 20.2. The number of hydrogen-bond acceptors (Lipinski definition) is 6. The second kappa shape index (κ2) is 8.39. The van der Waals surface area contributed by atoms with E-state index in [0.717, 1.165) is 55.1 Å². The lowest BCUT2D eigenvalue weighted by Gasteiger charge is -2.36. The third-order valence-corrected chi connectivity index (χ3v) is 5.17. The molecule has 0 radical (unpaired) electrons. The van der Waals surface area contributed by atoms with Crippen molar-refractivity contribution in [3.8, 4) is 5.75 Å². The second-order valence-corrected chi connectivity index (χ2v) is 7.36. The highest BCUT2D eigenvalue weighted by Gasteiger charge is 2.20. The third kappa shape index (κ3) is 4.59. The number of ether oxygens (including phenoxy) is 1. The molecule has 1 saturated heterocycles. The average molecular weight is 390 g/mol. The normalized spacial score (nSPS) is 14.0. The van der Waals surface area contributed by atoms with Crippen LogP contribution in [0.3, 0.4) is 0 Å². The van der Waals surface area contributed by atoms with Crippen LogP contribution in [0, 0.1) is 13.8 Å². The molecule has 0 unspecified atom stereocenters. The molecule has 1 aliphatic heterocycles. The van der Waals surface area contributed by atoms with Crippen LogP contribution in [0.4, 0.5) is 23.1 Å². The fourth-order valence-corrected chi connectivity index (χ4v) is 3.50. The molecule has 0 atom stereocenters. The summed E-state index contributed by atoms with van der Waals surface area (Å²) in [7, 11) is 1.69. The fourth-order valence-electron chi connectivity index (χ4n) is 3.50. The molecule has 29 heavy (non-hydrogen) atoms. The van der Waals surface area contributed by atoms with Gasteiger partial charge in [0.2, 0.25) is 5.95 Å². The maximum atomic E-state index is 5.25. The van der Waals surface area contributed by atoms with Crippen LogP contribution in [0.1, 0.15) is 11.3 Å². The van der Waals surface area contributed by atoms with Crippen molar-refractivity contribution in [2.24, 2.45) is 0 Å². The summed E-state index contributed by atoms with van der Waals surface area (Å²) in [4.78, 5) is 14.1. The Morgan fingerprint density at radius 1 is 0.828 bits per heavy atom. The number of rotatable bonds is 5. The fraction of sp³-hybridized carbons (Fsp3) is 0.304. The molecular weight excluding hydrogens is 362 g/mol. The van der Waals surface area contributed by atoms with Crippen molar-refractivity contribution in [2.45, 2.75) is 13.8 Å². The van der Waals surface area contributed by atoms with Gasteiger partial charge in [-0.05, 0) is 50.2 Å². The van der Waals surface area contributed by atoms with Crippen molar-refractivity contribution >= 4 is 23.1 Å². The van der Waals surface area contributed by atoms with Crippen molar-refractivity contribution in [3.63, 3.8) is 0 Å². The number of methoxy groups -OCH3 is 1. The predicted octanol–water partition coefficient (Wildman–Crippen LogP) is 4.17. The number of anilines is 4. The number of nitrogens with zero attached hydrogens (tertiary/aromatic N) is 4. The molecule has 4 rings (SSSR count). The third-order valence-electron chi connectivity index (χ3n) is 5.17. The summed E-state index contributed by atoms with van der Waals surface area (Å²) in [5.74, 6) is 2.50. The molecule has 0 bridgehead atoms. The monoisotopic (exact) mass is 389 g/mol. The molecule has 1 aromatic heterocycles. The van der Waals surface area contributed by atoms with Crippen LogP contribution in [0.25, 0.3) is 0 Å². The smallest absolute Gasteiger partial charge is 0.227 e. The Hall–Kier alpha value is -3.28. The van der Waals surface area contributed by atoms with Gasteiger partial charge in [0.1, 0.15) is 11.6 Å². The molecule has 2 heterocycles. The molecule has 3 aromatic rings. The van der Waals surface area contributed by atoms with Crippen molar-refractivity contribution in [3.05, 3.63) is 65.9 Å². The van der Waals surface area contributed by atoms with Gasteiger partial charge in [0, 0.05) is 49.3 Å². The molecule has 1 N–H and O–H groups in total. The van der Waals surface area contributed by atoms with Crippen LogP contribution in [0.5, 0.6) is 5.75 Å². The standard InChI is InChI=1S/C23H27N5O/c1-17-4-6-19(7-5-17)25-22-16-18(2)24-23(26-22)28-14-12-27(13-15-28)20-8-10-21(29-3)11-9-20/h4-11,16H,12-15H2,1-3H3,(H,24,25,26). The highest BCUT2D eigenvalue weighted by molar-refractivity contribution is 5.58. The van der Waals surface area contributed by atoms with Crippen molar-refractivity contribution in [1.29, 1.82) is 0 Å². The molecule has 2 aromatic carbocycles. The van der Waals surface area contributed by atoms with Gasteiger partial charge in [-0.3, -0.25) is 0 Å². The van der Waals surface area contributed by atoms with Gasteiger partial charge < -0.3 is 19.9 Å². The molecule has 1 fully saturated rings. The van der Waals surface area contributed by atoms with Gasteiger partial charge >= 0.3 is 0 Å². The highest BCUT2D eigenvalue weighted by atomic mass is 16.5. The summed E-state index contributed by atoms with van der Waals surface area (Å²) < 4.78 is 5.25. The van der Waals surface area contributed by atoms with Crippen LogP contribution in [-0.2, 0) is 0 Å². The highest BCUT2D eigenvalue weighted by Crippen LogP contribution is 2.23. The Labute approximate surface area is 172 Å². The number of benzene rings is 2. The Morgan fingerprint density at radius 3 is 2.14 bits per heavy atom. The first-order valence-electron chi connectivity index (χ1n) is 9.94. The van der Waals surface area contributed by atoms with Crippen LogP contribution in [0.15, 0.2) is 54.6 Å².